The number of carboxylic acids is 2. The highest BCUT2D eigenvalue weighted by Crippen LogP contribution is 2.27. The summed E-state index contributed by atoms with van der Waals surface area (Å²) in [4.78, 5) is 22.6. The van der Waals surface area contributed by atoms with E-state index in [9.17, 15) is 14.7 Å². The number of hydrogen-bond acceptors (Lipinski definition) is 7. The Morgan fingerprint density at radius 2 is 1.36 bits per heavy atom. The molecule has 0 aliphatic rings. The molecule has 10 heteroatoms. The fourth-order valence-electron chi connectivity index (χ4n) is 1.68. The van der Waals surface area contributed by atoms with E-state index in [1.807, 2.05) is 0 Å². The van der Waals surface area contributed by atoms with Gasteiger partial charge >= 0.3 is 21.0 Å². The van der Waals surface area contributed by atoms with Crippen LogP contribution in [0.1, 0.15) is 34.1 Å². The Labute approximate surface area is 130 Å². The minimum atomic E-state index is -3.87. The molecule has 130 valence electrons. The summed E-state index contributed by atoms with van der Waals surface area (Å²) in [6.45, 7) is 6.84. The van der Waals surface area contributed by atoms with Crippen molar-refractivity contribution in [1.82, 2.24) is 0 Å². The quantitative estimate of drug-likeness (QED) is 0.371. The van der Waals surface area contributed by atoms with E-state index in [0.29, 0.717) is 0 Å². The summed E-state index contributed by atoms with van der Waals surface area (Å²) in [5, 5.41) is 18.4. The molecule has 0 bridgehead atoms. The first kappa shape index (κ1) is 21.0. The van der Waals surface area contributed by atoms with E-state index in [2.05, 4.69) is 0 Å². The van der Waals surface area contributed by atoms with Crippen LogP contribution in [0.2, 0.25) is 0 Å². The standard InChI is InChI=1S/C12H24O9Si/c1-5-17-12(11(15)16,9-10(13)14)21-22(18-6-2,19-7-3)20-8-4/h5-9H2,1-4H3,(H,13,14)(H,15,16). The maximum Gasteiger partial charge on any atom is 0.682 e. The van der Waals surface area contributed by atoms with Crippen molar-refractivity contribution in [3.05, 3.63) is 0 Å². The van der Waals surface area contributed by atoms with Gasteiger partial charge in [0.2, 0.25) is 0 Å². The van der Waals surface area contributed by atoms with Crippen molar-refractivity contribution in [2.75, 3.05) is 26.4 Å². The zero-order chi connectivity index (χ0) is 17.2. The van der Waals surface area contributed by atoms with E-state index in [0.717, 1.165) is 0 Å². The smallest absolute Gasteiger partial charge is 0.481 e. The molecule has 0 aromatic carbocycles. The van der Waals surface area contributed by atoms with Crippen molar-refractivity contribution in [3.63, 3.8) is 0 Å². The van der Waals surface area contributed by atoms with Gasteiger partial charge in [-0.1, -0.05) is 0 Å². The van der Waals surface area contributed by atoms with Crippen LogP contribution in [-0.2, 0) is 32.0 Å². The summed E-state index contributed by atoms with van der Waals surface area (Å²) in [6.07, 6.45) is -0.919. The van der Waals surface area contributed by atoms with Crippen LogP contribution in [0.5, 0.6) is 0 Å². The highest BCUT2D eigenvalue weighted by Gasteiger charge is 2.57. The molecule has 0 saturated heterocycles. The normalized spacial score (nSPS) is 14.5. The van der Waals surface area contributed by atoms with Crippen LogP contribution in [0, 0.1) is 0 Å². The Kier molecular flexibility index (Phi) is 9.40. The van der Waals surface area contributed by atoms with Gasteiger partial charge < -0.3 is 32.7 Å². The van der Waals surface area contributed by atoms with Crippen molar-refractivity contribution in [1.29, 1.82) is 0 Å². The van der Waals surface area contributed by atoms with E-state index in [1.165, 1.54) is 6.92 Å². The third-order valence-corrected chi connectivity index (χ3v) is 4.85. The van der Waals surface area contributed by atoms with E-state index >= 15 is 0 Å². The Hall–Kier alpha value is -1.04. The molecule has 0 aliphatic carbocycles. The highest BCUT2D eigenvalue weighted by molar-refractivity contribution is 6.53. The molecule has 0 spiro atoms. The average molecular weight is 340 g/mol. The Morgan fingerprint density at radius 3 is 1.64 bits per heavy atom. The first-order chi connectivity index (χ1) is 10.3. The molecule has 0 heterocycles. The number of aliphatic carboxylic acids is 2. The van der Waals surface area contributed by atoms with Gasteiger partial charge in [0.05, 0.1) is 0 Å². The van der Waals surface area contributed by atoms with E-state index in [1.54, 1.807) is 20.8 Å². The van der Waals surface area contributed by atoms with Crippen molar-refractivity contribution in [3.8, 4) is 0 Å². The first-order valence-corrected chi connectivity index (χ1v) is 8.65. The molecule has 0 fully saturated rings. The van der Waals surface area contributed by atoms with Gasteiger partial charge in [-0.3, -0.25) is 4.79 Å². The molecule has 0 radical (unpaired) electrons. The van der Waals surface area contributed by atoms with Gasteiger partial charge in [0.1, 0.15) is 6.42 Å². The zero-order valence-electron chi connectivity index (χ0n) is 13.3. The van der Waals surface area contributed by atoms with Gasteiger partial charge in [-0.25, -0.2) is 4.79 Å². The zero-order valence-corrected chi connectivity index (χ0v) is 14.3. The second kappa shape index (κ2) is 9.87. The maximum atomic E-state index is 11.6. The molecular weight excluding hydrogens is 316 g/mol. The lowest BCUT2D eigenvalue weighted by atomic mass is 10.2. The van der Waals surface area contributed by atoms with Gasteiger partial charge in [-0.05, 0) is 27.7 Å². The summed E-state index contributed by atoms with van der Waals surface area (Å²) in [6, 6.07) is 0. The van der Waals surface area contributed by atoms with Crippen LogP contribution in [0.15, 0.2) is 0 Å². The van der Waals surface area contributed by atoms with Gasteiger partial charge in [-0.2, -0.15) is 0 Å². The average Bonchev–Trinajstić information content (AvgIpc) is 2.38. The molecule has 0 aromatic heterocycles. The monoisotopic (exact) mass is 340 g/mol. The van der Waals surface area contributed by atoms with E-state index < -0.39 is 33.2 Å². The second-order valence-electron chi connectivity index (χ2n) is 3.96. The molecule has 22 heavy (non-hydrogen) atoms. The molecule has 2 N–H and O–H groups in total. The van der Waals surface area contributed by atoms with Crippen LogP contribution in [0.25, 0.3) is 0 Å². The SMILES string of the molecule is CCOC(CC(=O)O)(O[Si](OCC)(OCC)OCC)C(=O)O. The Bertz CT molecular complexity index is 345. The third kappa shape index (κ3) is 5.99. The van der Waals surface area contributed by atoms with Crippen LogP contribution in [-0.4, -0.2) is 63.4 Å². The Morgan fingerprint density at radius 1 is 0.909 bits per heavy atom. The molecule has 0 rings (SSSR count). The van der Waals surface area contributed by atoms with Gasteiger partial charge in [0.25, 0.3) is 5.79 Å². The number of carboxylic acid groups (broad SMARTS) is 2. The molecule has 0 saturated carbocycles. The summed E-state index contributed by atoms with van der Waals surface area (Å²) >= 11 is 0. The first-order valence-electron chi connectivity index (χ1n) is 7.02. The third-order valence-electron chi connectivity index (χ3n) is 2.34. The van der Waals surface area contributed by atoms with Crippen LogP contribution in [0.3, 0.4) is 0 Å². The van der Waals surface area contributed by atoms with E-state index in [-0.39, 0.29) is 26.4 Å². The molecule has 0 aromatic rings. The number of hydrogen-bond donors (Lipinski definition) is 2. The van der Waals surface area contributed by atoms with Crippen LogP contribution in [0.4, 0.5) is 0 Å². The largest absolute Gasteiger partial charge is 0.682 e. The number of ether oxygens (including phenoxy) is 1. The molecule has 1 unspecified atom stereocenters. The lowest BCUT2D eigenvalue weighted by Gasteiger charge is -2.35. The fraction of sp³-hybridized carbons (Fsp3) is 0.833. The topological polar surface area (TPSA) is 121 Å². The lowest BCUT2D eigenvalue weighted by Crippen LogP contribution is -2.60. The second-order valence-corrected chi connectivity index (χ2v) is 6.03. The van der Waals surface area contributed by atoms with Gasteiger partial charge in [0.15, 0.2) is 0 Å². The van der Waals surface area contributed by atoms with Gasteiger partial charge in [0, 0.05) is 26.4 Å². The van der Waals surface area contributed by atoms with Crippen molar-refractivity contribution < 1.29 is 42.2 Å². The fourth-order valence-corrected chi connectivity index (χ4v) is 3.79. The molecule has 0 amide bonds. The Balaban J connectivity index is 5.66. The van der Waals surface area contributed by atoms with Gasteiger partial charge in [-0.15, -0.1) is 0 Å². The minimum absolute atomic E-state index is 0.0750. The number of carbonyl (C=O) groups is 2. The van der Waals surface area contributed by atoms with Crippen molar-refractivity contribution in [2.24, 2.45) is 0 Å². The maximum absolute atomic E-state index is 11.6. The van der Waals surface area contributed by atoms with E-state index in [4.69, 9.17) is 27.5 Å². The molecule has 9 nitrogen and oxygen atoms in total. The summed E-state index contributed by atoms with van der Waals surface area (Å²) in [7, 11) is -3.87. The molecular formula is C12H24O9Si. The molecule has 0 aliphatic heterocycles. The number of rotatable bonds is 13. The lowest BCUT2D eigenvalue weighted by molar-refractivity contribution is -0.240. The predicted molar refractivity (Wildman–Crippen MR) is 76.0 cm³/mol. The van der Waals surface area contributed by atoms with Crippen LogP contribution < -0.4 is 0 Å². The van der Waals surface area contributed by atoms with Crippen molar-refractivity contribution >= 4 is 21.0 Å². The summed E-state index contributed by atoms with van der Waals surface area (Å²) in [5.41, 5.74) is 0. The minimum Gasteiger partial charge on any atom is -0.481 e. The predicted octanol–water partition coefficient (Wildman–Crippen LogP) is 0.840. The van der Waals surface area contributed by atoms with Crippen LogP contribution >= 0.6 is 0 Å². The molecule has 1 atom stereocenters. The summed E-state index contributed by atoms with van der Waals surface area (Å²) < 4.78 is 26.7. The van der Waals surface area contributed by atoms with Crippen molar-refractivity contribution in [2.45, 2.75) is 39.9 Å². The summed E-state index contributed by atoms with van der Waals surface area (Å²) in [5.74, 6) is -5.43. The highest BCUT2D eigenvalue weighted by atomic mass is 28.4.